The number of nitrogens with zero attached hydrogens (tertiary/aromatic N) is 5. The van der Waals surface area contributed by atoms with E-state index in [2.05, 4.69) is 30.1 Å². The number of hydrogen-bond acceptors (Lipinski definition) is 10. The molecular weight excluding hydrogens is 578 g/mol. The number of H-pyrrole nitrogens is 1. The van der Waals surface area contributed by atoms with Gasteiger partial charge in [0.05, 0.1) is 54.6 Å². The van der Waals surface area contributed by atoms with E-state index >= 15 is 0 Å². The molecule has 3 heterocycles. The highest BCUT2D eigenvalue weighted by Gasteiger charge is 2.37. The van der Waals surface area contributed by atoms with Crippen LogP contribution in [-0.4, -0.2) is 56.1 Å². The number of aromatic amines is 1. The molecule has 0 bridgehead atoms. The highest BCUT2D eigenvalue weighted by atomic mass is 19.4. The van der Waals surface area contributed by atoms with Gasteiger partial charge in [-0.3, -0.25) is 14.2 Å². The molecule has 0 saturated carbocycles. The van der Waals surface area contributed by atoms with Crippen LogP contribution in [0.4, 0.5) is 37.8 Å². The molecule has 0 unspecified atom stereocenters. The van der Waals surface area contributed by atoms with E-state index in [1.165, 1.54) is 25.7 Å². The third kappa shape index (κ3) is 6.76. The van der Waals surface area contributed by atoms with Crippen molar-refractivity contribution in [3.63, 3.8) is 0 Å². The summed E-state index contributed by atoms with van der Waals surface area (Å²) in [6.45, 7) is -3.99. The van der Waals surface area contributed by atoms with Crippen LogP contribution < -0.4 is 26.9 Å². The van der Waals surface area contributed by atoms with Crippen molar-refractivity contribution in [2.75, 3.05) is 24.8 Å². The average Bonchev–Trinajstić information content (AvgIpc) is 2.92. The Kier molecular flexibility index (Phi) is 8.93. The van der Waals surface area contributed by atoms with Crippen molar-refractivity contribution in [3.05, 3.63) is 62.9 Å². The van der Waals surface area contributed by atoms with Crippen LogP contribution in [0.5, 0.6) is 5.75 Å². The zero-order valence-electron chi connectivity index (χ0n) is 21.6. The Morgan fingerprint density at radius 1 is 1.17 bits per heavy atom. The molecule has 1 aromatic carbocycles. The zero-order chi connectivity index (χ0) is 30.6. The van der Waals surface area contributed by atoms with Crippen LogP contribution in [0, 0.1) is 5.82 Å². The third-order valence-electron chi connectivity index (χ3n) is 6.03. The molecule has 0 aliphatic rings. The molecule has 224 valence electrons. The molecule has 0 spiro atoms. The molecule has 0 radical (unpaired) electrons. The number of methoxy groups -OCH3 is 1. The molecule has 12 nitrogen and oxygen atoms in total. The quantitative estimate of drug-likeness (QED) is 0.218. The standard InChI is InChI=1S/C24H22F6N8O4/c1-41-17-8-32-20(36-19(17)31)12-6-15-13(5-14(12)25)22(40)38(10-33-15)4-2-3-11(9-42-23(26)27)35-16-7-34-37-21(39)18(16)24(28,29)30/h5-8,10-11,23H,2-4,9H2,1H3,(H2,31,32,36)(H2,35,37,39)/t11-/m1/s1. The largest absolute Gasteiger partial charge is 0.491 e. The number of alkyl halides is 5. The highest BCUT2D eigenvalue weighted by Crippen LogP contribution is 2.32. The number of fused-ring (bicyclic) bond motifs is 1. The Balaban J connectivity index is 1.53. The first-order valence-corrected chi connectivity index (χ1v) is 12.1. The van der Waals surface area contributed by atoms with Crippen LogP contribution in [0.25, 0.3) is 22.3 Å². The van der Waals surface area contributed by atoms with Gasteiger partial charge in [0.15, 0.2) is 17.4 Å². The lowest BCUT2D eigenvalue weighted by molar-refractivity contribution is -0.138. The van der Waals surface area contributed by atoms with Gasteiger partial charge in [0.2, 0.25) is 0 Å². The maximum Gasteiger partial charge on any atom is 0.423 e. The third-order valence-corrected chi connectivity index (χ3v) is 6.03. The second kappa shape index (κ2) is 12.4. The number of nitrogens with two attached hydrogens (primary N) is 1. The van der Waals surface area contributed by atoms with Gasteiger partial charge in [-0.15, -0.1) is 0 Å². The molecule has 1 atom stereocenters. The van der Waals surface area contributed by atoms with E-state index in [1.807, 2.05) is 0 Å². The van der Waals surface area contributed by atoms with E-state index in [9.17, 15) is 35.9 Å². The van der Waals surface area contributed by atoms with Crippen LogP contribution in [-0.2, 0) is 17.5 Å². The molecule has 0 aliphatic heterocycles. The van der Waals surface area contributed by atoms with E-state index in [-0.39, 0.29) is 53.2 Å². The summed E-state index contributed by atoms with van der Waals surface area (Å²) in [6.07, 6.45) is -1.93. The molecule has 0 saturated heterocycles. The minimum Gasteiger partial charge on any atom is -0.491 e. The number of aromatic nitrogens is 6. The number of anilines is 2. The molecule has 42 heavy (non-hydrogen) atoms. The van der Waals surface area contributed by atoms with Gasteiger partial charge in [0.1, 0.15) is 11.4 Å². The van der Waals surface area contributed by atoms with Crippen molar-refractivity contribution in [3.8, 4) is 17.1 Å². The fourth-order valence-electron chi connectivity index (χ4n) is 4.08. The Labute approximate surface area is 231 Å². The van der Waals surface area contributed by atoms with Crippen LogP contribution >= 0.6 is 0 Å². The number of nitrogen functional groups attached to an aromatic ring is 1. The van der Waals surface area contributed by atoms with Crippen molar-refractivity contribution < 1.29 is 35.8 Å². The summed E-state index contributed by atoms with van der Waals surface area (Å²) >= 11 is 0. The summed E-state index contributed by atoms with van der Waals surface area (Å²) in [5.74, 6) is -0.729. The summed E-state index contributed by atoms with van der Waals surface area (Å²) in [4.78, 5) is 36.9. The van der Waals surface area contributed by atoms with E-state index in [1.54, 1.807) is 5.10 Å². The fourth-order valence-corrected chi connectivity index (χ4v) is 4.08. The molecule has 0 amide bonds. The SMILES string of the molecule is COc1cnc(-c2cc3ncn(CCC[C@H](COC(F)F)Nc4cn[nH]c(=O)c4C(F)(F)F)c(=O)c3cc2F)nc1N. The summed E-state index contributed by atoms with van der Waals surface area (Å²) in [7, 11) is 1.36. The van der Waals surface area contributed by atoms with Gasteiger partial charge >= 0.3 is 12.8 Å². The molecular formula is C24H22F6N8O4. The number of rotatable bonds is 11. The van der Waals surface area contributed by atoms with E-state index < -0.39 is 53.6 Å². The number of benzene rings is 1. The lowest BCUT2D eigenvalue weighted by Gasteiger charge is -2.22. The molecule has 4 N–H and O–H groups in total. The van der Waals surface area contributed by atoms with Crippen molar-refractivity contribution in [2.24, 2.45) is 0 Å². The van der Waals surface area contributed by atoms with Gasteiger partial charge in [0.25, 0.3) is 11.1 Å². The minimum absolute atomic E-state index is 0.0259. The van der Waals surface area contributed by atoms with Gasteiger partial charge in [-0.1, -0.05) is 0 Å². The van der Waals surface area contributed by atoms with E-state index in [0.29, 0.717) is 6.20 Å². The number of halogens is 6. The Morgan fingerprint density at radius 2 is 1.93 bits per heavy atom. The molecule has 0 aliphatic carbocycles. The normalized spacial score (nSPS) is 12.6. The second-order valence-corrected chi connectivity index (χ2v) is 8.80. The average molecular weight is 600 g/mol. The summed E-state index contributed by atoms with van der Waals surface area (Å²) in [6, 6.07) is 1.09. The fraction of sp³-hybridized carbons (Fsp3) is 0.333. The Morgan fingerprint density at radius 3 is 2.60 bits per heavy atom. The lowest BCUT2D eigenvalue weighted by atomic mass is 10.1. The molecule has 3 aromatic heterocycles. The maximum absolute atomic E-state index is 15.0. The molecule has 4 aromatic rings. The van der Waals surface area contributed by atoms with Crippen molar-refractivity contribution in [2.45, 2.75) is 38.2 Å². The van der Waals surface area contributed by atoms with Crippen LogP contribution in [0.3, 0.4) is 0 Å². The van der Waals surface area contributed by atoms with E-state index in [0.717, 1.165) is 10.6 Å². The minimum atomic E-state index is -5.06. The molecule has 0 fully saturated rings. The van der Waals surface area contributed by atoms with Gasteiger partial charge in [-0.25, -0.2) is 24.4 Å². The highest BCUT2D eigenvalue weighted by molar-refractivity contribution is 5.82. The van der Waals surface area contributed by atoms with Crippen molar-refractivity contribution in [1.29, 1.82) is 0 Å². The second-order valence-electron chi connectivity index (χ2n) is 8.80. The topological polar surface area (TPSA) is 163 Å². The number of aryl methyl sites for hydroxylation is 1. The Bertz CT molecular complexity index is 1690. The predicted octanol–water partition coefficient (Wildman–Crippen LogP) is 3.19. The van der Waals surface area contributed by atoms with Gasteiger partial charge < -0.3 is 20.5 Å². The number of ether oxygens (including phenoxy) is 2. The monoisotopic (exact) mass is 600 g/mol. The first kappa shape index (κ1) is 30.2. The summed E-state index contributed by atoms with van der Waals surface area (Å²) in [5.41, 5.74) is 1.36. The summed E-state index contributed by atoms with van der Waals surface area (Å²) < 4.78 is 90.9. The smallest absolute Gasteiger partial charge is 0.423 e. The maximum atomic E-state index is 15.0. The predicted molar refractivity (Wildman–Crippen MR) is 136 cm³/mol. The first-order valence-electron chi connectivity index (χ1n) is 12.1. The molecule has 18 heteroatoms. The van der Waals surface area contributed by atoms with Crippen LogP contribution in [0.1, 0.15) is 18.4 Å². The van der Waals surface area contributed by atoms with Crippen LogP contribution in [0.2, 0.25) is 0 Å². The summed E-state index contributed by atoms with van der Waals surface area (Å²) in [5, 5.41) is 7.30. The number of nitrogens with one attached hydrogen (secondary N) is 2. The van der Waals surface area contributed by atoms with Gasteiger partial charge in [0, 0.05) is 12.6 Å². The number of hydrogen-bond donors (Lipinski definition) is 3. The first-order chi connectivity index (χ1) is 19.9. The van der Waals surface area contributed by atoms with Crippen molar-refractivity contribution in [1.82, 2.24) is 29.7 Å². The van der Waals surface area contributed by atoms with E-state index in [4.69, 9.17) is 10.5 Å². The van der Waals surface area contributed by atoms with Gasteiger partial charge in [-0.2, -0.15) is 27.1 Å². The zero-order valence-corrected chi connectivity index (χ0v) is 21.6. The Hall–Kier alpha value is -4.74. The van der Waals surface area contributed by atoms with Crippen molar-refractivity contribution >= 4 is 22.4 Å². The van der Waals surface area contributed by atoms with Gasteiger partial charge in [-0.05, 0) is 25.0 Å². The van der Waals surface area contributed by atoms with Crippen LogP contribution in [0.15, 0.2) is 40.4 Å². The lowest BCUT2D eigenvalue weighted by Crippen LogP contribution is -2.32. The molecule has 4 rings (SSSR count).